The first kappa shape index (κ1) is 35.9. The van der Waals surface area contributed by atoms with Crippen molar-refractivity contribution in [2.24, 2.45) is 0 Å². The van der Waals surface area contributed by atoms with Gasteiger partial charge >= 0.3 is 120 Å². The molecule has 0 spiro atoms. The molecule has 5 heavy (non-hydrogen) atoms. The fourth-order valence-electron chi connectivity index (χ4n) is 0. The van der Waals surface area contributed by atoms with E-state index in [1.807, 2.05) is 0 Å². The summed E-state index contributed by atoms with van der Waals surface area (Å²) in [5.41, 5.74) is 0. The molecule has 0 unspecified atom stereocenters. The van der Waals surface area contributed by atoms with E-state index in [0.717, 1.165) is 0 Å². The first-order valence-electron chi connectivity index (χ1n) is 0. The zero-order valence-electron chi connectivity index (χ0n) is 1.41. The fraction of sp³-hybridized carbons (Fsp3) is 0. The van der Waals surface area contributed by atoms with Crippen LogP contribution in [0.15, 0.2) is 0 Å². The van der Waals surface area contributed by atoms with Crippen LogP contribution in [0.2, 0.25) is 0 Å². The van der Waals surface area contributed by atoms with Crippen molar-refractivity contribution in [2.45, 2.75) is 0 Å². The summed E-state index contributed by atoms with van der Waals surface area (Å²) < 4.78 is 0. The van der Waals surface area contributed by atoms with Crippen LogP contribution in [-0.4, -0.2) is 120 Å². The van der Waals surface area contributed by atoms with Gasteiger partial charge in [-0.1, -0.05) is 0 Å². The Kier molecular flexibility index (Phi) is 176. The summed E-state index contributed by atoms with van der Waals surface area (Å²) in [5, 5.41) is 0. The Balaban J connectivity index is 0. The van der Waals surface area contributed by atoms with E-state index >= 15 is 0 Å². The SMILES string of the molecule is [GaH3].[InH3].[InH3].[SbH3].[SbH3]. The third-order valence-electron chi connectivity index (χ3n) is 0. The molecule has 34 valence electrons. The van der Waals surface area contributed by atoms with Crippen molar-refractivity contribution in [1.82, 2.24) is 0 Å². The second-order valence-corrected chi connectivity index (χ2v) is 0. The van der Waals surface area contributed by atoms with Gasteiger partial charge in [-0.2, -0.15) is 0 Å². The molecule has 0 rings (SSSR count). The molecule has 0 aliphatic rings. The molecule has 0 aromatic carbocycles. The molecular formula is H15GaIn2Sb2. The molecule has 0 aliphatic carbocycles. The molecule has 0 saturated carbocycles. The summed E-state index contributed by atoms with van der Waals surface area (Å²) in [6.45, 7) is 0. The van der Waals surface area contributed by atoms with Crippen LogP contribution < -0.4 is 0 Å². The maximum absolute atomic E-state index is 0. The average molecular weight is 558 g/mol. The number of hydrogen-bond donors (Lipinski definition) is 0. The molecule has 0 amide bonds. The Bertz CT molecular complexity index is 7.61. The van der Waals surface area contributed by atoms with E-state index in [4.69, 9.17) is 0 Å². The summed E-state index contributed by atoms with van der Waals surface area (Å²) in [6, 6.07) is 0. The van der Waals surface area contributed by atoms with Gasteiger partial charge in [-0.15, -0.1) is 0 Å². The average Bonchev–Trinajstić information content (AvgIpc) is 0. The zero-order chi connectivity index (χ0) is 0. The van der Waals surface area contributed by atoms with Crippen LogP contribution in [0.4, 0.5) is 0 Å². The Morgan fingerprint density at radius 3 is 0.600 bits per heavy atom. The van der Waals surface area contributed by atoms with Crippen molar-refractivity contribution >= 4 is 120 Å². The third-order valence-corrected chi connectivity index (χ3v) is 0. The standard InChI is InChI=1S/Ga.2In.2Sb.15H. The molecule has 0 saturated heterocycles. The normalized spacial score (nSPS) is 0. The Morgan fingerprint density at radius 1 is 0.600 bits per heavy atom. The summed E-state index contributed by atoms with van der Waals surface area (Å²) >= 11 is 0. The molecule has 0 N–H and O–H groups in total. The third kappa shape index (κ3) is 18.0. The summed E-state index contributed by atoms with van der Waals surface area (Å²) in [4.78, 5) is 0. The van der Waals surface area contributed by atoms with Crippen LogP contribution in [0.1, 0.15) is 0 Å². The molecule has 0 atom stereocenters. The molecule has 0 aromatic rings. The molecule has 0 aliphatic heterocycles. The van der Waals surface area contributed by atoms with Crippen molar-refractivity contribution in [3.63, 3.8) is 0 Å². The van der Waals surface area contributed by atoms with Crippen LogP contribution in [0.3, 0.4) is 0 Å². The molecule has 0 heterocycles. The van der Waals surface area contributed by atoms with E-state index in [0.29, 0.717) is 0 Å². The molecule has 0 fully saturated rings. The predicted octanol–water partition coefficient (Wildman–Crippen LogP) is -5.92. The first-order valence-corrected chi connectivity index (χ1v) is 0. The van der Waals surface area contributed by atoms with Crippen LogP contribution >= 0.6 is 0 Å². The van der Waals surface area contributed by atoms with Gasteiger partial charge in [-0.3, -0.25) is 0 Å². The Morgan fingerprint density at radius 2 is 0.600 bits per heavy atom. The van der Waals surface area contributed by atoms with Gasteiger partial charge in [0.25, 0.3) is 0 Å². The van der Waals surface area contributed by atoms with E-state index in [2.05, 4.69) is 0 Å². The monoisotopic (exact) mass is 556 g/mol. The van der Waals surface area contributed by atoms with Crippen LogP contribution in [-0.2, 0) is 0 Å². The van der Waals surface area contributed by atoms with E-state index < -0.39 is 0 Å². The van der Waals surface area contributed by atoms with Gasteiger partial charge in [0.15, 0.2) is 0 Å². The van der Waals surface area contributed by atoms with E-state index in [-0.39, 0.29) is 120 Å². The van der Waals surface area contributed by atoms with Crippen molar-refractivity contribution in [1.29, 1.82) is 0 Å². The Labute approximate surface area is 118 Å². The van der Waals surface area contributed by atoms with Crippen molar-refractivity contribution in [2.75, 3.05) is 0 Å². The van der Waals surface area contributed by atoms with Gasteiger partial charge in [0.05, 0.1) is 0 Å². The van der Waals surface area contributed by atoms with Gasteiger partial charge in [0.2, 0.25) is 0 Å². The second-order valence-electron chi connectivity index (χ2n) is 0. The van der Waals surface area contributed by atoms with Crippen LogP contribution in [0.5, 0.6) is 0 Å². The Hall–Kier alpha value is 4.01. The predicted molar refractivity (Wildman–Crippen MR) is 49.7 cm³/mol. The second kappa shape index (κ2) is 24.5. The van der Waals surface area contributed by atoms with E-state index in [1.54, 1.807) is 0 Å². The molecule has 0 bridgehead atoms. The van der Waals surface area contributed by atoms with Crippen LogP contribution in [0.25, 0.3) is 0 Å². The fourth-order valence-corrected chi connectivity index (χ4v) is 0. The summed E-state index contributed by atoms with van der Waals surface area (Å²) in [5.74, 6) is 0. The van der Waals surface area contributed by atoms with Crippen LogP contribution in [0, 0.1) is 0 Å². The minimum absolute atomic E-state index is 0. The first-order chi connectivity index (χ1) is 0. The summed E-state index contributed by atoms with van der Waals surface area (Å²) in [6.07, 6.45) is 0. The molecule has 0 radical (unpaired) electrons. The van der Waals surface area contributed by atoms with E-state index in [9.17, 15) is 0 Å². The number of hydrogen-bond acceptors (Lipinski definition) is 0. The maximum atomic E-state index is 0. The van der Waals surface area contributed by atoms with Crippen molar-refractivity contribution in [3.8, 4) is 0 Å². The zero-order valence-corrected chi connectivity index (χ0v) is 9.49. The van der Waals surface area contributed by atoms with Crippen molar-refractivity contribution in [3.05, 3.63) is 0 Å². The molecule has 5 heteroatoms. The molecule has 0 aromatic heterocycles. The van der Waals surface area contributed by atoms with Gasteiger partial charge < -0.3 is 0 Å². The minimum atomic E-state index is 0. The van der Waals surface area contributed by atoms with Crippen molar-refractivity contribution < 1.29 is 0 Å². The van der Waals surface area contributed by atoms with E-state index in [1.165, 1.54) is 0 Å². The quantitative estimate of drug-likeness (QED) is 0.260. The van der Waals surface area contributed by atoms with Gasteiger partial charge in [-0.05, 0) is 0 Å². The number of rotatable bonds is 0. The van der Waals surface area contributed by atoms with Gasteiger partial charge in [0.1, 0.15) is 0 Å². The van der Waals surface area contributed by atoms with Gasteiger partial charge in [0, 0.05) is 0 Å². The van der Waals surface area contributed by atoms with Gasteiger partial charge in [-0.25, -0.2) is 0 Å². The topological polar surface area (TPSA) is 0 Å². The molecule has 0 nitrogen and oxygen atoms in total. The summed E-state index contributed by atoms with van der Waals surface area (Å²) in [7, 11) is 0. The molecular weight excluding hydrogens is 543 g/mol.